The van der Waals surface area contributed by atoms with Crippen LogP contribution in [0.4, 0.5) is 5.13 Å². The molecule has 0 fully saturated rings. The van der Waals surface area contributed by atoms with Crippen LogP contribution in [0.2, 0.25) is 0 Å². The highest BCUT2D eigenvalue weighted by atomic mass is 79.9. The van der Waals surface area contributed by atoms with E-state index >= 15 is 0 Å². The number of benzene rings is 2. The lowest BCUT2D eigenvalue weighted by Crippen LogP contribution is -1.99. The summed E-state index contributed by atoms with van der Waals surface area (Å²) in [6.07, 6.45) is 6.92. The van der Waals surface area contributed by atoms with Crippen LogP contribution in [0.25, 0.3) is 11.3 Å². The highest BCUT2D eigenvalue weighted by Gasteiger charge is 2.09. The molecule has 0 radical (unpaired) electrons. The maximum absolute atomic E-state index is 5.47. The number of halogens is 1. The molecule has 1 aromatic heterocycles. The van der Waals surface area contributed by atoms with Crippen LogP contribution in [0.5, 0.6) is 11.5 Å². The van der Waals surface area contributed by atoms with Gasteiger partial charge in [0.2, 0.25) is 5.13 Å². The van der Waals surface area contributed by atoms with Crippen molar-refractivity contribution in [2.45, 2.75) is 0 Å². The molecule has 136 valence electrons. The van der Waals surface area contributed by atoms with Gasteiger partial charge in [0.05, 0.1) is 19.0 Å². The van der Waals surface area contributed by atoms with E-state index < -0.39 is 0 Å². The van der Waals surface area contributed by atoms with Crippen LogP contribution >= 0.6 is 27.3 Å². The Morgan fingerprint density at radius 3 is 2.85 bits per heavy atom. The summed E-state index contributed by atoms with van der Waals surface area (Å²) in [6, 6.07) is 13.6. The summed E-state index contributed by atoms with van der Waals surface area (Å²) < 4.78 is 11.6. The summed E-state index contributed by atoms with van der Waals surface area (Å²) in [5.74, 6) is 3.58. The molecule has 0 amide bonds. The second-order valence-corrected chi connectivity index (χ2v) is 7.00. The number of ether oxygens (including phenoxy) is 2. The molecule has 7 heteroatoms. The third-order valence-electron chi connectivity index (χ3n) is 3.53. The van der Waals surface area contributed by atoms with Gasteiger partial charge in [0.1, 0.15) is 6.61 Å². The Bertz CT molecular complexity index is 981. The smallest absolute Gasteiger partial charge is 0.203 e. The average molecular weight is 442 g/mol. The van der Waals surface area contributed by atoms with Crippen molar-refractivity contribution in [3.63, 3.8) is 0 Å². The molecule has 0 bridgehead atoms. The zero-order valence-corrected chi connectivity index (χ0v) is 16.9. The van der Waals surface area contributed by atoms with E-state index in [1.165, 1.54) is 11.3 Å². The summed E-state index contributed by atoms with van der Waals surface area (Å²) in [6.45, 7) is 0.172. The van der Waals surface area contributed by atoms with E-state index in [0.717, 1.165) is 21.3 Å². The minimum Gasteiger partial charge on any atom is -0.493 e. The molecule has 0 aliphatic rings. The highest BCUT2D eigenvalue weighted by molar-refractivity contribution is 9.10. The molecule has 0 atom stereocenters. The van der Waals surface area contributed by atoms with Gasteiger partial charge in [-0.25, -0.2) is 4.98 Å². The van der Waals surface area contributed by atoms with Gasteiger partial charge in [-0.3, -0.25) is 5.43 Å². The van der Waals surface area contributed by atoms with E-state index in [4.69, 9.17) is 15.9 Å². The average Bonchev–Trinajstić information content (AvgIpc) is 3.17. The van der Waals surface area contributed by atoms with Crippen LogP contribution in [0.15, 0.2) is 57.4 Å². The molecule has 0 aliphatic heterocycles. The predicted octanol–water partition coefficient (Wildman–Crippen LogP) is 5.04. The third-order valence-corrected chi connectivity index (χ3v) is 4.97. The molecule has 1 N–H and O–H groups in total. The van der Waals surface area contributed by atoms with Crippen molar-refractivity contribution in [2.24, 2.45) is 5.10 Å². The molecule has 5 nitrogen and oxygen atoms in total. The molecule has 2 aromatic carbocycles. The van der Waals surface area contributed by atoms with Crippen LogP contribution in [0, 0.1) is 12.3 Å². The van der Waals surface area contributed by atoms with Crippen molar-refractivity contribution in [1.82, 2.24) is 4.98 Å². The Hall–Kier alpha value is -2.82. The number of nitrogens with zero attached hydrogens (tertiary/aromatic N) is 2. The number of anilines is 1. The quantitative estimate of drug-likeness (QED) is 0.317. The van der Waals surface area contributed by atoms with E-state index in [1.54, 1.807) is 19.4 Å². The van der Waals surface area contributed by atoms with Crippen molar-refractivity contribution in [2.75, 3.05) is 19.1 Å². The van der Waals surface area contributed by atoms with Crippen molar-refractivity contribution in [3.05, 3.63) is 57.9 Å². The van der Waals surface area contributed by atoms with Gasteiger partial charge < -0.3 is 9.47 Å². The number of hydrogen-bond donors (Lipinski definition) is 1. The van der Waals surface area contributed by atoms with Gasteiger partial charge in [0.25, 0.3) is 0 Å². The van der Waals surface area contributed by atoms with Gasteiger partial charge in [0.15, 0.2) is 11.5 Å². The summed E-state index contributed by atoms with van der Waals surface area (Å²) in [4.78, 5) is 4.53. The summed E-state index contributed by atoms with van der Waals surface area (Å²) >= 11 is 5.00. The molecule has 27 heavy (non-hydrogen) atoms. The van der Waals surface area contributed by atoms with Gasteiger partial charge >= 0.3 is 0 Å². The van der Waals surface area contributed by atoms with E-state index in [1.807, 2.05) is 41.8 Å². The number of rotatable bonds is 7. The van der Waals surface area contributed by atoms with Crippen LogP contribution in [0.1, 0.15) is 5.56 Å². The van der Waals surface area contributed by atoms with Crippen molar-refractivity contribution in [1.29, 1.82) is 0 Å². The fraction of sp³-hybridized carbons (Fsp3) is 0.100. The molecule has 0 unspecified atom stereocenters. The number of thiazole rings is 1. The predicted molar refractivity (Wildman–Crippen MR) is 114 cm³/mol. The maximum atomic E-state index is 5.47. The highest BCUT2D eigenvalue weighted by Crippen LogP contribution is 2.33. The first-order valence-corrected chi connectivity index (χ1v) is 9.62. The van der Waals surface area contributed by atoms with Crippen molar-refractivity contribution >= 4 is 38.6 Å². The van der Waals surface area contributed by atoms with Gasteiger partial charge in [-0.2, -0.15) is 5.10 Å². The van der Waals surface area contributed by atoms with E-state index in [9.17, 15) is 0 Å². The first kappa shape index (κ1) is 19.0. The number of nitrogens with one attached hydrogen (secondary N) is 1. The van der Waals surface area contributed by atoms with Gasteiger partial charge in [-0.1, -0.05) is 36.3 Å². The molecular formula is C20H16BrN3O2S. The number of methoxy groups -OCH3 is 1. The molecular weight excluding hydrogens is 426 g/mol. The molecule has 0 saturated carbocycles. The third kappa shape index (κ3) is 4.88. The Morgan fingerprint density at radius 1 is 1.30 bits per heavy atom. The number of hydrogen-bond acceptors (Lipinski definition) is 6. The normalized spacial score (nSPS) is 10.6. The van der Waals surface area contributed by atoms with Crippen LogP contribution in [-0.4, -0.2) is 24.9 Å². The van der Waals surface area contributed by atoms with E-state index in [2.05, 4.69) is 37.4 Å². The Labute approximate surface area is 170 Å². The molecule has 1 heterocycles. The monoisotopic (exact) mass is 441 g/mol. The van der Waals surface area contributed by atoms with E-state index in [-0.39, 0.29) is 6.61 Å². The van der Waals surface area contributed by atoms with Gasteiger partial charge in [-0.05, 0) is 28.1 Å². The first-order valence-electron chi connectivity index (χ1n) is 7.95. The number of aromatic nitrogens is 1. The lowest BCUT2D eigenvalue weighted by molar-refractivity contribution is 0.330. The minimum atomic E-state index is 0.172. The fourth-order valence-electron chi connectivity index (χ4n) is 2.27. The van der Waals surface area contributed by atoms with Crippen molar-refractivity contribution in [3.8, 4) is 35.1 Å². The summed E-state index contributed by atoms with van der Waals surface area (Å²) in [5, 5.41) is 6.96. The Balaban J connectivity index is 1.71. The van der Waals surface area contributed by atoms with Crippen molar-refractivity contribution < 1.29 is 9.47 Å². The molecule has 0 aliphatic carbocycles. The second-order valence-electron chi connectivity index (χ2n) is 5.29. The Morgan fingerprint density at radius 2 is 2.11 bits per heavy atom. The lowest BCUT2D eigenvalue weighted by atomic mass is 10.2. The number of hydrazone groups is 1. The largest absolute Gasteiger partial charge is 0.493 e. The summed E-state index contributed by atoms with van der Waals surface area (Å²) in [7, 11) is 1.58. The lowest BCUT2D eigenvalue weighted by Gasteiger charge is -2.10. The SMILES string of the molecule is C#CCOc1cc(Br)c(C=NNc2nc(-c3ccccc3)cs2)cc1OC. The van der Waals surface area contributed by atoms with Crippen LogP contribution in [-0.2, 0) is 0 Å². The zero-order chi connectivity index (χ0) is 19.1. The second kappa shape index (κ2) is 9.21. The van der Waals surface area contributed by atoms with E-state index in [0.29, 0.717) is 16.6 Å². The first-order chi connectivity index (χ1) is 13.2. The molecule has 3 aromatic rings. The summed E-state index contributed by atoms with van der Waals surface area (Å²) in [5.41, 5.74) is 5.76. The molecule has 3 rings (SSSR count). The van der Waals surface area contributed by atoms with Gasteiger partial charge in [0, 0.05) is 21.0 Å². The molecule has 0 saturated heterocycles. The number of terminal acetylenes is 1. The topological polar surface area (TPSA) is 55.7 Å². The minimum absolute atomic E-state index is 0.172. The fourth-order valence-corrected chi connectivity index (χ4v) is 3.36. The standard InChI is InChI=1S/C20H16BrN3O2S/c1-3-9-26-19-11-16(21)15(10-18(19)25-2)12-22-24-20-23-17(13-27-20)14-7-5-4-6-8-14/h1,4-8,10-13H,9H2,2H3,(H,23,24). The van der Waals surface area contributed by atoms with Gasteiger partial charge in [-0.15, -0.1) is 17.8 Å². The Kier molecular flexibility index (Phi) is 6.47. The van der Waals surface area contributed by atoms with Crippen LogP contribution in [0.3, 0.4) is 0 Å². The molecule has 0 spiro atoms. The maximum Gasteiger partial charge on any atom is 0.203 e. The zero-order valence-electron chi connectivity index (χ0n) is 14.5. The van der Waals surface area contributed by atoms with Crippen LogP contribution < -0.4 is 14.9 Å².